The summed E-state index contributed by atoms with van der Waals surface area (Å²) in [5.74, 6) is 0.702. The predicted molar refractivity (Wildman–Crippen MR) is 618 cm³/mol. The second-order valence-corrected chi connectivity index (χ2v) is 27.2. The van der Waals surface area contributed by atoms with Crippen LogP contribution in [0.4, 0.5) is 0 Å². The van der Waals surface area contributed by atoms with Crippen molar-refractivity contribution < 1.29 is 238 Å². The number of nitrogens with zero attached hydrogens (tertiary/aromatic N) is 9. The van der Waals surface area contributed by atoms with Gasteiger partial charge in [-0.25, -0.2) is 69.3 Å². The molecule has 0 saturated heterocycles. The molecule has 0 unspecified atom stereocenters. The molecule has 0 atom stereocenters. The van der Waals surface area contributed by atoms with E-state index in [1.54, 1.807) is 72.3 Å². The number of thiophene rings is 2. The van der Waals surface area contributed by atoms with Gasteiger partial charge in [0.2, 0.25) is 0 Å². The quantitative estimate of drug-likeness (QED) is 0.151. The Morgan fingerprint density at radius 2 is 0.633 bits per heavy atom. The molecule has 9 aromatic carbocycles. The molecule has 0 fully saturated rings. The summed E-state index contributed by atoms with van der Waals surface area (Å²) in [6.07, 6.45) is 46.3. The van der Waals surface area contributed by atoms with E-state index in [2.05, 4.69) is 183 Å². The van der Waals surface area contributed by atoms with Crippen LogP contribution in [0.1, 0.15) is 194 Å². The fraction of sp³-hybridized carbons (Fsp3) is 0.217. The topological polar surface area (TPSA) is 158 Å². The van der Waals surface area contributed by atoms with Gasteiger partial charge in [0.15, 0.2) is 0 Å². The summed E-state index contributed by atoms with van der Waals surface area (Å²) in [5.41, 5.74) is 12.1. The largest absolute Gasteiger partial charge is 0.590 e. The van der Waals surface area contributed by atoms with Crippen molar-refractivity contribution in [3.63, 3.8) is 0 Å². The van der Waals surface area contributed by atoms with Crippen molar-refractivity contribution in [2.75, 3.05) is 0 Å². The second-order valence-electron chi connectivity index (χ2n) is 25.6. The van der Waals surface area contributed by atoms with Gasteiger partial charge in [-0.3, -0.25) is 52.6 Å². The normalized spacial score (nSPS) is 8.83. The van der Waals surface area contributed by atoms with Crippen molar-refractivity contribution in [2.24, 2.45) is 0 Å². The monoisotopic (exact) mass is 2550 g/mol. The van der Waals surface area contributed by atoms with Crippen LogP contribution in [-0.2, 0) is 229 Å². The van der Waals surface area contributed by atoms with Crippen LogP contribution in [0, 0.1) is 84.8 Å². The summed E-state index contributed by atoms with van der Waals surface area (Å²) in [7, 11) is 0. The molecule has 150 heavy (non-hydrogen) atoms. The van der Waals surface area contributed by atoms with E-state index in [4.69, 9.17) is 8.83 Å². The van der Waals surface area contributed by atoms with Crippen molar-refractivity contribution in [3.05, 3.63) is 420 Å². The Kier molecular flexibility index (Phi) is 95.8. The van der Waals surface area contributed by atoms with E-state index >= 15 is 0 Å². The van der Waals surface area contributed by atoms with Gasteiger partial charge in [-0.05, 0) is 68.4 Å². The molecule has 0 spiro atoms. The maximum atomic E-state index is 5.31. The van der Waals surface area contributed by atoms with E-state index in [0.717, 1.165) is 152 Å². The van der Waals surface area contributed by atoms with Crippen LogP contribution in [-0.4, -0.2) is 49.8 Å². The van der Waals surface area contributed by atoms with E-state index in [1.807, 2.05) is 431 Å². The van der Waals surface area contributed by atoms with Gasteiger partial charge in [0.25, 0.3) is 0 Å². The van der Waals surface area contributed by atoms with E-state index in [1.165, 1.54) is 16.2 Å². The SMILES string of the molecule is CC.CC.CC.CC.CC.CC.CC.CC.CC.CC.CC.CC.CC.CC.[Y].[Y].[Y].[Y].[Y].[Y].[Y].[c-]1[nH]ccc1-c1[c-]ccc2ccncc12.[c-]1ccoc1-c1[c-]ccc2ccncc12.[c-]1ccsc1-c1[c-]ccc2ccncc12.[c-]1ncc2ccccc2c1-c1[c-]c2ccncc2cc1.[c-]1ncc2ccccc2c1-c1[c-]c2cnccc2cc1.[c-]1occc1-c1[c-]ccc2ccncc12.[c-]1sccc1-c1[c-]ccc2ccncc12. The van der Waals surface area contributed by atoms with Gasteiger partial charge in [-0.2, -0.15) is 124 Å². The molecule has 12 nitrogen and oxygen atoms in total. The number of rotatable bonds is 7. The van der Waals surface area contributed by atoms with Crippen molar-refractivity contribution in [2.45, 2.75) is 194 Å². The summed E-state index contributed by atoms with van der Waals surface area (Å²) in [6, 6.07) is 97.0. The Labute approximate surface area is 1080 Å². The van der Waals surface area contributed by atoms with Crippen molar-refractivity contribution in [1.29, 1.82) is 0 Å². The van der Waals surface area contributed by atoms with Gasteiger partial charge in [-0.1, -0.05) is 319 Å². The first-order valence-electron chi connectivity index (χ1n) is 50.2. The van der Waals surface area contributed by atoms with Gasteiger partial charge in [0, 0.05) is 266 Å². The average molecular weight is 2550 g/mol. The first kappa shape index (κ1) is 151. The molecule has 0 amide bonds. The van der Waals surface area contributed by atoms with Crippen LogP contribution < -0.4 is 0 Å². The Morgan fingerprint density at radius 1 is 0.253 bits per heavy atom. The zero-order valence-corrected chi connectivity index (χ0v) is 114. The number of nitrogens with one attached hydrogen (secondary N) is 1. The number of aromatic nitrogens is 10. The number of pyridine rings is 9. The minimum absolute atomic E-state index is 0. The Balaban J connectivity index is -0.000000521. The van der Waals surface area contributed by atoms with E-state index in [0.29, 0.717) is 5.76 Å². The summed E-state index contributed by atoms with van der Waals surface area (Å²) >= 11 is 3.25. The minimum atomic E-state index is 0. The zero-order chi connectivity index (χ0) is 105. The molecule has 765 valence electrons. The maximum Gasteiger partial charge on any atom is 0.0247 e. The molecule has 23 rings (SSSR count). The first-order valence-corrected chi connectivity index (χ1v) is 52.0. The van der Waals surface area contributed by atoms with Gasteiger partial charge in [-0.15, -0.1) is 171 Å². The Hall–Kier alpha value is -7.36. The van der Waals surface area contributed by atoms with E-state index < -0.39 is 0 Å². The molecule has 0 saturated carbocycles. The number of fused-ring (bicyclic) bond motifs is 9. The summed E-state index contributed by atoms with van der Waals surface area (Å²) in [5, 5.41) is 27.4. The third-order valence-electron chi connectivity index (χ3n) is 18.6. The number of H-pyrrole nitrogens is 1. The predicted octanol–water partition coefficient (Wildman–Crippen LogP) is 38.6. The third-order valence-corrected chi connectivity index (χ3v) is 20.1. The number of hydrogen-bond donors (Lipinski definition) is 1. The second kappa shape index (κ2) is 95.1. The standard InChI is InChI=1S/2C18H10N2.C13H8N2.2C13H7NO.2C13H7NS.14C2H6.7Y/c1-2-4-17-16(3-1)11-20-12-18(17)14-5-6-15-10-19-8-7-13(15)9-14;1-2-4-17-15(3-1)10-20-12-18(17)14-6-5-13-7-8-19-11-16(13)9-14;1-2-10-4-6-15-9-13(10)12(3-1)11-5-7-14-8-11;1-3-10-6-7-14-9-12(10)11(4-1)13-5-2-8-15-13;1-2-10-4-6-14-8-13(10)12(3-1)11-5-7-15-9-11;1-3-10-6-7-14-9-12(10)11(4-1)13-5-2-8-15-13;1-2-10-4-6-14-8-13(10)12(3-1)11-5-7-15-9-11;14*1-2;;;;;;;/h2*1-8,10-11H;1-2,4-7,9,14H;1-3,6-9H;1-2,4-8H;1-3,6-9H;1-2,4-8H;14*1-2H3;;;;;;;/q7*-2;;;;;;;;;;;;;;;;;;;;;. The minimum Gasteiger partial charge on any atom is -0.590 e. The van der Waals surface area contributed by atoms with E-state index in [9.17, 15) is 0 Å². The fourth-order valence-electron chi connectivity index (χ4n) is 13.1. The molecule has 21 heteroatoms. The van der Waals surface area contributed by atoms with Crippen LogP contribution in [0.2, 0.25) is 0 Å². The number of benzene rings is 9. The molecular formula is C129H140N10O2S2Y7-14. The van der Waals surface area contributed by atoms with Crippen LogP contribution in [0.15, 0.2) is 344 Å². The average Bonchev–Trinajstić information content (AvgIpc) is 1.53. The Bertz CT molecular complexity index is 6360. The third kappa shape index (κ3) is 46.6. The van der Waals surface area contributed by atoms with Gasteiger partial charge >= 0.3 is 0 Å². The van der Waals surface area contributed by atoms with Crippen LogP contribution in [0.25, 0.3) is 174 Å². The number of hydrogen-bond acceptors (Lipinski definition) is 13. The number of aromatic amines is 1. The molecule has 1 N–H and O–H groups in total. The Morgan fingerprint density at radius 3 is 1.03 bits per heavy atom. The van der Waals surface area contributed by atoms with Crippen molar-refractivity contribution >= 4 is 120 Å². The van der Waals surface area contributed by atoms with Crippen LogP contribution in [0.5, 0.6) is 0 Å². The molecule has 14 aromatic heterocycles. The van der Waals surface area contributed by atoms with Gasteiger partial charge in [0.1, 0.15) is 0 Å². The zero-order valence-electron chi connectivity index (χ0n) is 93.0. The smallest absolute Gasteiger partial charge is 0.0247 e. The van der Waals surface area contributed by atoms with Crippen LogP contribution in [0.3, 0.4) is 0 Å². The number of furan rings is 2. The van der Waals surface area contributed by atoms with Crippen LogP contribution >= 0.6 is 22.7 Å². The van der Waals surface area contributed by atoms with Crippen molar-refractivity contribution in [1.82, 2.24) is 49.8 Å². The molecule has 0 aliphatic heterocycles. The molecule has 0 aliphatic carbocycles. The molecular weight excluding hydrogens is 2410 g/mol. The molecule has 23 aromatic rings. The summed E-state index contributed by atoms with van der Waals surface area (Å²) in [6.45, 7) is 56.0. The van der Waals surface area contributed by atoms with Crippen molar-refractivity contribution in [3.8, 4) is 77.4 Å². The molecule has 7 radical (unpaired) electrons. The first-order chi connectivity index (χ1) is 71.1. The molecule has 14 heterocycles. The maximum absolute atomic E-state index is 5.31. The summed E-state index contributed by atoms with van der Waals surface area (Å²) in [4.78, 5) is 41.4. The van der Waals surface area contributed by atoms with Gasteiger partial charge in [0.05, 0.1) is 0 Å². The fourth-order valence-corrected chi connectivity index (χ4v) is 14.3. The molecule has 0 aliphatic rings. The molecule has 0 bridgehead atoms. The summed E-state index contributed by atoms with van der Waals surface area (Å²) < 4.78 is 10.3. The van der Waals surface area contributed by atoms with Gasteiger partial charge < -0.3 is 28.8 Å². The van der Waals surface area contributed by atoms with E-state index in [-0.39, 0.29) is 229 Å².